The molecule has 0 saturated heterocycles. The van der Waals surface area contributed by atoms with Gasteiger partial charge in [-0.1, -0.05) is 31.4 Å². The van der Waals surface area contributed by atoms with Gasteiger partial charge < -0.3 is 25.6 Å². The van der Waals surface area contributed by atoms with E-state index in [0.29, 0.717) is 44.2 Å². The Morgan fingerprint density at radius 2 is 1.77 bits per heavy atom. The number of aromatic hydroxyl groups is 1. The maximum Gasteiger partial charge on any atom is 0.248 e. The van der Waals surface area contributed by atoms with Crippen LogP contribution in [0.5, 0.6) is 5.75 Å². The number of benzene rings is 2. The minimum atomic E-state index is -0.239. The number of nitrogens with one attached hydrogen (secondary N) is 3. The summed E-state index contributed by atoms with van der Waals surface area (Å²) in [5, 5.41) is 18.6. The van der Waals surface area contributed by atoms with E-state index in [1.807, 2.05) is 12.1 Å². The predicted molar refractivity (Wildman–Crippen MR) is 158 cm³/mol. The Morgan fingerprint density at radius 3 is 2.56 bits per heavy atom. The lowest BCUT2D eigenvalue weighted by Gasteiger charge is -2.34. The van der Waals surface area contributed by atoms with Crippen molar-refractivity contribution in [2.24, 2.45) is 0 Å². The fraction of sp³-hybridized carbons (Fsp3) is 0.467. The first-order chi connectivity index (χ1) is 18.9. The smallest absolute Gasteiger partial charge is 0.248 e. The molecular weight excluding hydrogens is 514 g/mol. The van der Waals surface area contributed by atoms with Gasteiger partial charge >= 0.3 is 0 Å². The summed E-state index contributed by atoms with van der Waals surface area (Å²) >= 11 is 0. The Hall–Kier alpha value is -2.80. The molecule has 1 amide bonds. The number of phenols is 1. The third-order valence-corrected chi connectivity index (χ3v) is 7.82. The van der Waals surface area contributed by atoms with E-state index < -0.39 is 0 Å². The molecule has 2 aromatic carbocycles. The molecule has 1 heterocycles. The maximum atomic E-state index is 13.6. The highest BCUT2D eigenvalue weighted by molar-refractivity contribution is 7.27. The lowest BCUT2D eigenvalue weighted by molar-refractivity contribution is -0.134. The van der Waals surface area contributed by atoms with Crippen LogP contribution in [0.25, 0.3) is 10.9 Å². The molecule has 1 aliphatic carbocycles. The second-order valence-electron chi connectivity index (χ2n) is 10.4. The van der Waals surface area contributed by atoms with Gasteiger partial charge in [0.15, 0.2) is 0 Å². The Kier molecular flexibility index (Phi) is 10.9. The first kappa shape index (κ1) is 29.2. The third kappa shape index (κ3) is 8.59. The van der Waals surface area contributed by atoms with E-state index in [9.17, 15) is 19.1 Å². The second kappa shape index (κ2) is 14.5. The average molecular weight is 555 g/mol. The van der Waals surface area contributed by atoms with Gasteiger partial charge in [-0.25, -0.2) is 4.39 Å². The Balaban J connectivity index is 1.23. The number of pyridine rings is 1. The van der Waals surface area contributed by atoms with Crippen LogP contribution in [0.2, 0.25) is 0 Å². The lowest BCUT2D eigenvalue weighted by Crippen LogP contribution is -2.45. The van der Waals surface area contributed by atoms with Crippen molar-refractivity contribution >= 4 is 31.4 Å². The topological polar surface area (TPSA) is 97.5 Å². The van der Waals surface area contributed by atoms with Gasteiger partial charge in [0.05, 0.1) is 5.52 Å². The molecule has 3 aromatic rings. The average Bonchev–Trinajstić information content (AvgIpc) is 2.91. The van der Waals surface area contributed by atoms with E-state index in [1.165, 1.54) is 31.4 Å². The number of aromatic amines is 1. The molecular formula is C30H40FN4O3P. The second-order valence-corrected chi connectivity index (χ2v) is 11.0. The molecule has 7 nitrogen and oxygen atoms in total. The minimum Gasteiger partial charge on any atom is -0.506 e. The number of carbonyl (C=O) groups is 1. The zero-order valence-corrected chi connectivity index (χ0v) is 23.6. The van der Waals surface area contributed by atoms with Crippen molar-refractivity contribution in [1.29, 1.82) is 0 Å². The van der Waals surface area contributed by atoms with Gasteiger partial charge in [0, 0.05) is 43.5 Å². The molecule has 1 aliphatic rings. The number of aromatic nitrogens is 1. The summed E-state index contributed by atoms with van der Waals surface area (Å²) in [7, 11) is 2.53. The number of amides is 1. The van der Waals surface area contributed by atoms with Gasteiger partial charge in [-0.3, -0.25) is 9.59 Å². The summed E-state index contributed by atoms with van der Waals surface area (Å²) in [5.41, 5.74) is 2.22. The van der Waals surface area contributed by atoms with Crippen LogP contribution >= 0.6 is 9.24 Å². The molecule has 0 spiro atoms. The molecule has 1 atom stereocenters. The molecule has 1 fully saturated rings. The molecule has 210 valence electrons. The Labute approximate surface area is 231 Å². The maximum absolute atomic E-state index is 13.6. The SMILES string of the molecule is O=C(CCNCCc1cc(F)cc(P)c1)N(CCNCCc1ccc(O)c2[nH]c(=O)ccc12)C1CCCCC1. The van der Waals surface area contributed by atoms with Crippen LogP contribution in [-0.4, -0.2) is 59.7 Å². The summed E-state index contributed by atoms with van der Waals surface area (Å²) in [4.78, 5) is 29.6. The zero-order valence-electron chi connectivity index (χ0n) is 22.5. The molecule has 9 heteroatoms. The number of carbonyl (C=O) groups excluding carboxylic acids is 1. The third-order valence-electron chi connectivity index (χ3n) is 7.49. The van der Waals surface area contributed by atoms with E-state index in [0.717, 1.165) is 54.0 Å². The summed E-state index contributed by atoms with van der Waals surface area (Å²) in [5.74, 6) is 0.0264. The van der Waals surface area contributed by atoms with Crippen LogP contribution in [0.4, 0.5) is 4.39 Å². The molecule has 4 rings (SSSR count). The van der Waals surface area contributed by atoms with Crippen LogP contribution in [0.15, 0.2) is 47.3 Å². The van der Waals surface area contributed by atoms with E-state index >= 15 is 0 Å². The normalized spacial score (nSPS) is 14.1. The molecule has 39 heavy (non-hydrogen) atoms. The molecule has 0 bridgehead atoms. The lowest BCUT2D eigenvalue weighted by atomic mass is 9.94. The quantitative estimate of drug-likeness (QED) is 0.192. The molecule has 1 saturated carbocycles. The monoisotopic (exact) mass is 554 g/mol. The number of H-pyrrole nitrogens is 1. The van der Waals surface area contributed by atoms with Crippen molar-refractivity contribution in [2.75, 3.05) is 32.7 Å². The van der Waals surface area contributed by atoms with Crippen molar-refractivity contribution in [3.63, 3.8) is 0 Å². The highest BCUT2D eigenvalue weighted by atomic mass is 31.0. The van der Waals surface area contributed by atoms with Crippen molar-refractivity contribution < 1.29 is 14.3 Å². The molecule has 0 radical (unpaired) electrons. The summed E-state index contributed by atoms with van der Waals surface area (Å²) < 4.78 is 13.6. The van der Waals surface area contributed by atoms with Crippen LogP contribution in [-0.2, 0) is 17.6 Å². The Morgan fingerprint density at radius 1 is 1.00 bits per heavy atom. The Bertz CT molecular complexity index is 1290. The number of fused-ring (bicyclic) bond motifs is 1. The van der Waals surface area contributed by atoms with Gasteiger partial charge in [0.25, 0.3) is 0 Å². The molecule has 4 N–H and O–H groups in total. The van der Waals surface area contributed by atoms with Crippen LogP contribution in [0.1, 0.15) is 49.7 Å². The summed E-state index contributed by atoms with van der Waals surface area (Å²) in [6.45, 7) is 3.42. The van der Waals surface area contributed by atoms with Crippen molar-refractivity contribution in [3.05, 3.63) is 69.8 Å². The van der Waals surface area contributed by atoms with Crippen molar-refractivity contribution in [1.82, 2.24) is 20.5 Å². The van der Waals surface area contributed by atoms with E-state index in [-0.39, 0.29) is 23.0 Å². The van der Waals surface area contributed by atoms with Crippen molar-refractivity contribution in [2.45, 2.75) is 57.4 Å². The van der Waals surface area contributed by atoms with E-state index in [1.54, 1.807) is 18.2 Å². The largest absolute Gasteiger partial charge is 0.506 e. The summed E-state index contributed by atoms with van der Waals surface area (Å²) in [6.07, 6.45) is 7.61. The fourth-order valence-electron chi connectivity index (χ4n) is 5.48. The van der Waals surface area contributed by atoms with Gasteiger partial charge in [-0.2, -0.15) is 0 Å². The minimum absolute atomic E-state index is 0.0682. The van der Waals surface area contributed by atoms with E-state index in [4.69, 9.17) is 0 Å². The van der Waals surface area contributed by atoms with Gasteiger partial charge in [0.2, 0.25) is 11.5 Å². The standard InChI is InChI=1S/C30H40FN4O3P/c31-23-18-21(19-25(39)20-23)10-13-32-15-12-29(38)35(24-4-2-1-3-5-24)17-16-33-14-11-22-6-8-27(36)30-26(22)7-9-28(37)34-30/h6-9,18-20,24,32-33,36H,1-5,10-17,39H2,(H,34,37). The highest BCUT2D eigenvalue weighted by Gasteiger charge is 2.24. The van der Waals surface area contributed by atoms with Crippen LogP contribution in [0.3, 0.4) is 0 Å². The van der Waals surface area contributed by atoms with Gasteiger partial charge in [-0.15, -0.1) is 9.24 Å². The summed E-state index contributed by atoms with van der Waals surface area (Å²) in [6, 6.07) is 12.0. The van der Waals surface area contributed by atoms with Gasteiger partial charge in [-0.05, 0) is 79.5 Å². The number of phenolic OH excluding ortho intramolecular Hbond substituents is 1. The first-order valence-corrected chi connectivity index (χ1v) is 14.6. The van der Waals surface area contributed by atoms with E-state index in [2.05, 4.69) is 29.8 Å². The number of hydrogen-bond donors (Lipinski definition) is 4. The zero-order chi connectivity index (χ0) is 27.6. The first-order valence-electron chi connectivity index (χ1n) is 14.0. The predicted octanol–water partition coefficient (Wildman–Crippen LogP) is 3.39. The van der Waals surface area contributed by atoms with Gasteiger partial charge in [0.1, 0.15) is 11.6 Å². The van der Waals surface area contributed by atoms with Crippen LogP contribution < -0.4 is 21.5 Å². The molecule has 1 unspecified atom stereocenters. The number of rotatable bonds is 13. The molecule has 0 aliphatic heterocycles. The fourth-order valence-corrected chi connectivity index (χ4v) is 5.86. The number of nitrogens with zero attached hydrogens (tertiary/aromatic N) is 1. The van der Waals surface area contributed by atoms with Crippen LogP contribution in [0, 0.1) is 5.82 Å². The van der Waals surface area contributed by atoms with Crippen molar-refractivity contribution in [3.8, 4) is 5.75 Å². The number of halogens is 1. The molecule has 1 aromatic heterocycles. The number of hydrogen-bond acceptors (Lipinski definition) is 5. The highest BCUT2D eigenvalue weighted by Crippen LogP contribution is 2.25.